The molecule has 0 aliphatic carbocycles. The summed E-state index contributed by atoms with van der Waals surface area (Å²) >= 11 is 0. The monoisotopic (exact) mass is 376 g/mol. The molecule has 2 aromatic heterocycles. The quantitative estimate of drug-likeness (QED) is 0.745. The van der Waals surface area contributed by atoms with Crippen LogP contribution in [0.3, 0.4) is 0 Å². The molecule has 0 atom stereocenters. The molecule has 0 amide bonds. The summed E-state index contributed by atoms with van der Waals surface area (Å²) in [5, 5.41) is 23.0. The number of aromatic hydroxyl groups is 1. The zero-order valence-corrected chi connectivity index (χ0v) is 15.5. The Labute approximate surface area is 162 Å². The van der Waals surface area contributed by atoms with Crippen molar-refractivity contribution < 1.29 is 9.84 Å². The highest BCUT2D eigenvalue weighted by Crippen LogP contribution is 2.31. The van der Waals surface area contributed by atoms with E-state index in [0.717, 1.165) is 31.7 Å². The Morgan fingerprint density at radius 2 is 1.96 bits per heavy atom. The van der Waals surface area contributed by atoms with Gasteiger partial charge in [0.05, 0.1) is 24.0 Å². The largest absolute Gasteiger partial charge is 0.505 e. The molecule has 3 heterocycles. The van der Waals surface area contributed by atoms with Crippen molar-refractivity contribution in [1.82, 2.24) is 19.7 Å². The molecule has 1 N–H and O–H groups in total. The van der Waals surface area contributed by atoms with E-state index in [9.17, 15) is 10.4 Å². The second kappa shape index (κ2) is 7.56. The Hall–Kier alpha value is -3.60. The van der Waals surface area contributed by atoms with Crippen LogP contribution >= 0.6 is 0 Å². The van der Waals surface area contributed by atoms with E-state index in [1.807, 2.05) is 13.0 Å². The topological polar surface area (TPSA) is 100 Å². The maximum absolute atomic E-state index is 9.61. The van der Waals surface area contributed by atoms with Crippen LogP contribution in [0.5, 0.6) is 17.4 Å². The average molecular weight is 376 g/mol. The zero-order chi connectivity index (χ0) is 19.5. The molecular formula is C20H20N6O2. The summed E-state index contributed by atoms with van der Waals surface area (Å²) in [6.07, 6.45) is 6.35. The van der Waals surface area contributed by atoms with Crippen molar-refractivity contribution in [3.8, 4) is 29.1 Å². The van der Waals surface area contributed by atoms with Crippen molar-refractivity contribution in [2.45, 2.75) is 26.2 Å². The maximum atomic E-state index is 9.61. The van der Waals surface area contributed by atoms with E-state index < -0.39 is 0 Å². The van der Waals surface area contributed by atoms with Gasteiger partial charge in [-0.15, -0.1) is 0 Å². The number of aryl methyl sites for hydroxylation is 1. The molecule has 1 fully saturated rings. The highest BCUT2D eigenvalue weighted by molar-refractivity contribution is 5.53. The number of rotatable bonds is 4. The number of anilines is 1. The van der Waals surface area contributed by atoms with Crippen molar-refractivity contribution in [3.05, 3.63) is 48.0 Å². The molecule has 1 aliphatic heterocycles. The van der Waals surface area contributed by atoms with Crippen LogP contribution in [0.4, 0.5) is 5.82 Å². The first-order chi connectivity index (χ1) is 13.6. The second-order valence-electron chi connectivity index (χ2n) is 6.70. The third kappa shape index (κ3) is 3.74. The number of aromatic nitrogens is 4. The van der Waals surface area contributed by atoms with Crippen LogP contribution in [-0.4, -0.2) is 37.9 Å². The Kier molecular flexibility index (Phi) is 4.81. The van der Waals surface area contributed by atoms with Gasteiger partial charge in [0.15, 0.2) is 11.5 Å². The summed E-state index contributed by atoms with van der Waals surface area (Å²) in [5.41, 5.74) is 1.05. The standard InChI is InChI=1S/C20H20N6O2/c1-14-23-19(25-7-3-2-4-8-25)10-20(24-14)28-18-9-15(11-21)5-6-17(18)26-13-16(27)12-22-26/h5-6,9-10,12-13,27H,2-4,7-8H2,1H3. The summed E-state index contributed by atoms with van der Waals surface area (Å²) in [6.45, 7) is 3.77. The minimum Gasteiger partial charge on any atom is -0.505 e. The van der Waals surface area contributed by atoms with Gasteiger partial charge in [0.2, 0.25) is 5.88 Å². The van der Waals surface area contributed by atoms with Gasteiger partial charge >= 0.3 is 0 Å². The second-order valence-corrected chi connectivity index (χ2v) is 6.70. The highest BCUT2D eigenvalue weighted by Gasteiger charge is 2.16. The number of benzene rings is 1. The van der Waals surface area contributed by atoms with Crippen LogP contribution in [0.2, 0.25) is 0 Å². The molecule has 0 spiro atoms. The van der Waals surface area contributed by atoms with E-state index in [2.05, 4.69) is 26.0 Å². The molecule has 0 radical (unpaired) electrons. The molecule has 142 valence electrons. The molecule has 4 rings (SSSR count). The van der Waals surface area contributed by atoms with E-state index in [-0.39, 0.29) is 5.75 Å². The lowest BCUT2D eigenvalue weighted by molar-refractivity contribution is 0.454. The minimum absolute atomic E-state index is 0.0422. The lowest BCUT2D eigenvalue weighted by atomic mass is 10.1. The van der Waals surface area contributed by atoms with Gasteiger partial charge in [-0.3, -0.25) is 0 Å². The smallest absolute Gasteiger partial charge is 0.224 e. The molecule has 3 aromatic rings. The van der Waals surface area contributed by atoms with Crippen LogP contribution in [0, 0.1) is 18.3 Å². The van der Waals surface area contributed by atoms with E-state index in [4.69, 9.17) is 4.74 Å². The van der Waals surface area contributed by atoms with Crippen molar-refractivity contribution in [2.24, 2.45) is 0 Å². The molecule has 0 bridgehead atoms. The number of nitrogens with zero attached hydrogens (tertiary/aromatic N) is 6. The molecule has 1 aliphatic rings. The lowest BCUT2D eigenvalue weighted by Crippen LogP contribution is -2.30. The molecule has 28 heavy (non-hydrogen) atoms. The summed E-state index contributed by atoms with van der Waals surface area (Å²) in [7, 11) is 0. The van der Waals surface area contributed by atoms with Crippen LogP contribution in [-0.2, 0) is 0 Å². The fraction of sp³-hybridized carbons (Fsp3) is 0.300. The van der Waals surface area contributed by atoms with Crippen molar-refractivity contribution in [3.63, 3.8) is 0 Å². The summed E-state index contributed by atoms with van der Waals surface area (Å²) in [6, 6.07) is 8.96. The van der Waals surface area contributed by atoms with Gasteiger partial charge in [0.1, 0.15) is 17.3 Å². The van der Waals surface area contributed by atoms with Gasteiger partial charge in [-0.25, -0.2) is 9.67 Å². The summed E-state index contributed by atoms with van der Waals surface area (Å²) < 4.78 is 7.55. The number of piperidine rings is 1. The third-order valence-electron chi connectivity index (χ3n) is 4.60. The Bertz CT molecular complexity index is 1030. The number of ether oxygens (including phenoxy) is 1. The lowest BCUT2D eigenvalue weighted by Gasteiger charge is -2.28. The normalized spacial score (nSPS) is 13.9. The van der Waals surface area contributed by atoms with Crippen LogP contribution in [0.25, 0.3) is 5.69 Å². The first kappa shape index (κ1) is 17.8. The minimum atomic E-state index is 0.0422. The van der Waals surface area contributed by atoms with Gasteiger partial charge in [0.25, 0.3) is 0 Å². The Morgan fingerprint density at radius 3 is 2.68 bits per heavy atom. The van der Waals surface area contributed by atoms with Crippen LogP contribution in [0.15, 0.2) is 36.7 Å². The molecule has 8 nitrogen and oxygen atoms in total. The first-order valence-electron chi connectivity index (χ1n) is 9.19. The van der Waals surface area contributed by atoms with Gasteiger partial charge in [-0.1, -0.05) is 0 Å². The van der Waals surface area contributed by atoms with Gasteiger partial charge in [0, 0.05) is 25.2 Å². The number of hydrogen-bond acceptors (Lipinski definition) is 7. The fourth-order valence-corrected chi connectivity index (χ4v) is 3.27. The molecule has 0 saturated carbocycles. The van der Waals surface area contributed by atoms with E-state index in [1.54, 1.807) is 18.2 Å². The molecule has 1 saturated heterocycles. The summed E-state index contributed by atoms with van der Waals surface area (Å²) in [4.78, 5) is 11.2. The van der Waals surface area contributed by atoms with Crippen LogP contribution in [0.1, 0.15) is 30.7 Å². The van der Waals surface area contributed by atoms with E-state index >= 15 is 0 Å². The molecule has 1 aromatic carbocycles. The maximum Gasteiger partial charge on any atom is 0.224 e. The van der Waals surface area contributed by atoms with Gasteiger partial charge in [-0.05, 0) is 38.3 Å². The Morgan fingerprint density at radius 1 is 1.14 bits per heavy atom. The zero-order valence-electron chi connectivity index (χ0n) is 15.5. The van der Waals surface area contributed by atoms with Crippen LogP contribution < -0.4 is 9.64 Å². The fourth-order valence-electron chi connectivity index (χ4n) is 3.27. The third-order valence-corrected chi connectivity index (χ3v) is 4.60. The van der Waals surface area contributed by atoms with Crippen molar-refractivity contribution in [1.29, 1.82) is 5.26 Å². The molecule has 0 unspecified atom stereocenters. The number of hydrogen-bond donors (Lipinski definition) is 1. The van der Waals surface area contributed by atoms with E-state index in [1.165, 1.54) is 23.5 Å². The SMILES string of the molecule is Cc1nc(Oc2cc(C#N)ccc2-n2cc(O)cn2)cc(N2CCCCC2)n1. The van der Waals surface area contributed by atoms with E-state index in [0.29, 0.717) is 28.7 Å². The number of nitriles is 1. The van der Waals surface area contributed by atoms with Gasteiger partial charge in [-0.2, -0.15) is 15.3 Å². The first-order valence-corrected chi connectivity index (χ1v) is 9.19. The highest BCUT2D eigenvalue weighted by atomic mass is 16.5. The summed E-state index contributed by atoms with van der Waals surface area (Å²) in [5.74, 6) is 2.33. The van der Waals surface area contributed by atoms with Crippen molar-refractivity contribution in [2.75, 3.05) is 18.0 Å². The Balaban J connectivity index is 1.70. The molecular weight excluding hydrogens is 356 g/mol. The predicted molar refractivity (Wildman–Crippen MR) is 103 cm³/mol. The molecule has 8 heteroatoms. The average Bonchev–Trinajstić information content (AvgIpc) is 3.14. The predicted octanol–water partition coefficient (Wildman–Crippen LogP) is 3.33. The van der Waals surface area contributed by atoms with Crippen molar-refractivity contribution >= 4 is 5.82 Å². The van der Waals surface area contributed by atoms with Gasteiger partial charge < -0.3 is 14.7 Å².